The number of hydrogen-bond donors (Lipinski definition) is 1. The molecule has 0 aliphatic rings. The van der Waals surface area contributed by atoms with Crippen LogP contribution in [-0.2, 0) is 10.8 Å². The average molecular weight is 342 g/mol. The molecule has 0 bridgehead atoms. The molecule has 5 heteroatoms. The molecule has 112 valence electrons. The van der Waals surface area contributed by atoms with Crippen molar-refractivity contribution in [1.29, 1.82) is 0 Å². The first-order chi connectivity index (χ1) is 10.0. The van der Waals surface area contributed by atoms with E-state index in [0.29, 0.717) is 14.9 Å². The summed E-state index contributed by atoms with van der Waals surface area (Å²) in [6, 6.07) is 15.0. The maximum Gasteiger partial charge on any atom is 0.0593 e. The zero-order valence-corrected chi connectivity index (χ0v) is 14.2. The van der Waals surface area contributed by atoms with Gasteiger partial charge in [0, 0.05) is 11.1 Å². The van der Waals surface area contributed by atoms with E-state index in [1.54, 1.807) is 18.2 Å². The Bertz CT molecular complexity index is 633. The van der Waals surface area contributed by atoms with Crippen molar-refractivity contribution in [2.75, 3.05) is 7.05 Å². The smallest absolute Gasteiger partial charge is 0.0593 e. The molecule has 0 aliphatic heterocycles. The van der Waals surface area contributed by atoms with Crippen LogP contribution in [-0.4, -0.2) is 16.5 Å². The number of nitrogens with one attached hydrogen (secondary N) is 1. The van der Waals surface area contributed by atoms with E-state index in [9.17, 15) is 4.21 Å². The van der Waals surface area contributed by atoms with Crippen molar-refractivity contribution in [3.8, 4) is 0 Å². The molecule has 0 radical (unpaired) electrons. The van der Waals surface area contributed by atoms with Gasteiger partial charge in [0.25, 0.3) is 0 Å². The second kappa shape index (κ2) is 7.41. The molecular weight excluding hydrogens is 325 g/mol. The van der Waals surface area contributed by atoms with Gasteiger partial charge in [-0.15, -0.1) is 0 Å². The Kier molecular flexibility index (Phi) is 5.82. The highest BCUT2D eigenvalue weighted by atomic mass is 35.5. The van der Waals surface area contributed by atoms with Gasteiger partial charge in [-0.1, -0.05) is 53.5 Å². The fourth-order valence-electron chi connectivity index (χ4n) is 2.29. The molecule has 0 saturated carbocycles. The zero-order chi connectivity index (χ0) is 15.4. The van der Waals surface area contributed by atoms with Crippen LogP contribution in [0.3, 0.4) is 0 Å². The maximum atomic E-state index is 12.8. The molecule has 2 nitrogen and oxygen atoms in total. The quantitative estimate of drug-likeness (QED) is 0.870. The summed E-state index contributed by atoms with van der Waals surface area (Å²) in [6.45, 7) is 1.95. The third-order valence-electron chi connectivity index (χ3n) is 3.39. The average Bonchev–Trinajstić information content (AvgIpc) is 2.50. The molecule has 0 aromatic heterocycles. The van der Waals surface area contributed by atoms with Crippen molar-refractivity contribution in [3.63, 3.8) is 0 Å². The highest BCUT2D eigenvalue weighted by Crippen LogP contribution is 2.29. The molecular formula is C16H17Cl2NOS. The monoisotopic (exact) mass is 341 g/mol. The van der Waals surface area contributed by atoms with Crippen molar-refractivity contribution >= 4 is 34.0 Å². The standard InChI is InChI=1S/C16H17Cl2NOS/c1-11(16(19-2)12-6-4-3-5-7-12)21(20)15-10-13(17)8-9-14(15)18/h3-11,16,19H,1-2H3. The van der Waals surface area contributed by atoms with Crippen molar-refractivity contribution in [2.45, 2.75) is 23.1 Å². The van der Waals surface area contributed by atoms with Gasteiger partial charge in [0.1, 0.15) is 0 Å². The minimum atomic E-state index is -1.26. The third kappa shape index (κ3) is 3.86. The van der Waals surface area contributed by atoms with Crippen LogP contribution in [0.4, 0.5) is 0 Å². The summed E-state index contributed by atoms with van der Waals surface area (Å²) in [4.78, 5) is 0.577. The summed E-state index contributed by atoms with van der Waals surface area (Å²) in [5.41, 5.74) is 1.10. The van der Waals surface area contributed by atoms with Gasteiger partial charge in [-0.25, -0.2) is 0 Å². The predicted octanol–water partition coefficient (Wildman–Crippen LogP) is 4.45. The van der Waals surface area contributed by atoms with Crippen LogP contribution in [0, 0.1) is 0 Å². The van der Waals surface area contributed by atoms with Gasteiger partial charge in [-0.2, -0.15) is 0 Å². The van der Waals surface area contributed by atoms with Crippen LogP contribution in [0.15, 0.2) is 53.4 Å². The predicted molar refractivity (Wildman–Crippen MR) is 90.6 cm³/mol. The number of halogens is 2. The first kappa shape index (κ1) is 16.5. The van der Waals surface area contributed by atoms with Gasteiger partial charge in [-0.3, -0.25) is 4.21 Å². The van der Waals surface area contributed by atoms with E-state index >= 15 is 0 Å². The Morgan fingerprint density at radius 3 is 2.38 bits per heavy atom. The molecule has 0 aliphatic carbocycles. The highest BCUT2D eigenvalue weighted by Gasteiger charge is 2.25. The number of benzene rings is 2. The Labute approximate surface area is 137 Å². The van der Waals surface area contributed by atoms with Gasteiger partial charge in [0.2, 0.25) is 0 Å². The lowest BCUT2D eigenvalue weighted by Crippen LogP contribution is -2.30. The Hall–Kier alpha value is -0.870. The fourth-order valence-corrected chi connectivity index (χ4v) is 4.31. The first-order valence-electron chi connectivity index (χ1n) is 6.62. The molecule has 3 unspecified atom stereocenters. The third-order valence-corrected chi connectivity index (χ3v) is 5.78. The van der Waals surface area contributed by atoms with Crippen LogP contribution in [0.25, 0.3) is 0 Å². The van der Waals surface area contributed by atoms with E-state index in [2.05, 4.69) is 5.32 Å². The molecule has 0 fully saturated rings. The van der Waals surface area contributed by atoms with Crippen LogP contribution >= 0.6 is 23.2 Å². The van der Waals surface area contributed by atoms with Crippen LogP contribution < -0.4 is 5.32 Å². The Morgan fingerprint density at radius 2 is 1.76 bits per heavy atom. The molecule has 0 heterocycles. The lowest BCUT2D eigenvalue weighted by molar-refractivity contribution is 0.570. The second-order valence-electron chi connectivity index (χ2n) is 4.75. The number of hydrogen-bond acceptors (Lipinski definition) is 2. The van der Waals surface area contributed by atoms with Crippen LogP contribution in [0.1, 0.15) is 18.5 Å². The molecule has 2 aromatic rings. The molecule has 1 N–H and O–H groups in total. The first-order valence-corrected chi connectivity index (χ1v) is 8.59. The Balaban J connectivity index is 2.31. The Morgan fingerprint density at radius 1 is 1.10 bits per heavy atom. The van der Waals surface area contributed by atoms with Crippen molar-refractivity contribution in [2.24, 2.45) is 0 Å². The minimum Gasteiger partial charge on any atom is -0.312 e. The van der Waals surface area contributed by atoms with E-state index in [4.69, 9.17) is 23.2 Å². The lowest BCUT2D eigenvalue weighted by Gasteiger charge is -2.24. The van der Waals surface area contributed by atoms with Crippen molar-refractivity contribution < 1.29 is 4.21 Å². The van der Waals surface area contributed by atoms with E-state index in [1.807, 2.05) is 44.3 Å². The molecule has 0 amide bonds. The minimum absolute atomic E-state index is 0.0259. The van der Waals surface area contributed by atoms with Gasteiger partial charge in [-0.05, 0) is 37.7 Å². The summed E-state index contributed by atoms with van der Waals surface area (Å²) in [5, 5.41) is 4.11. The SMILES string of the molecule is CNC(c1ccccc1)C(C)S(=O)c1cc(Cl)ccc1Cl. The van der Waals surface area contributed by atoms with E-state index < -0.39 is 10.8 Å². The van der Waals surface area contributed by atoms with Gasteiger partial charge >= 0.3 is 0 Å². The lowest BCUT2D eigenvalue weighted by atomic mass is 10.0. The summed E-state index contributed by atoms with van der Waals surface area (Å²) >= 11 is 12.1. The van der Waals surface area contributed by atoms with Crippen LogP contribution in [0.5, 0.6) is 0 Å². The summed E-state index contributed by atoms with van der Waals surface area (Å²) < 4.78 is 12.8. The van der Waals surface area contributed by atoms with Crippen molar-refractivity contribution in [3.05, 3.63) is 64.1 Å². The van der Waals surface area contributed by atoms with Crippen molar-refractivity contribution in [1.82, 2.24) is 5.32 Å². The molecule has 2 rings (SSSR count). The molecule has 0 saturated heterocycles. The maximum absolute atomic E-state index is 12.8. The zero-order valence-electron chi connectivity index (χ0n) is 11.8. The largest absolute Gasteiger partial charge is 0.312 e. The molecule has 21 heavy (non-hydrogen) atoms. The molecule has 3 atom stereocenters. The van der Waals surface area contributed by atoms with Crippen LogP contribution in [0.2, 0.25) is 10.0 Å². The highest BCUT2D eigenvalue weighted by molar-refractivity contribution is 7.85. The number of rotatable bonds is 5. The fraction of sp³-hybridized carbons (Fsp3) is 0.250. The topological polar surface area (TPSA) is 29.1 Å². The second-order valence-corrected chi connectivity index (χ2v) is 7.38. The summed E-state index contributed by atoms with van der Waals surface area (Å²) in [7, 11) is 0.607. The van der Waals surface area contributed by atoms with E-state index in [1.165, 1.54) is 0 Å². The van der Waals surface area contributed by atoms with Gasteiger partial charge in [0.05, 0.1) is 26.0 Å². The summed E-state index contributed by atoms with van der Waals surface area (Å²) in [6.07, 6.45) is 0. The van der Waals surface area contributed by atoms with Gasteiger partial charge < -0.3 is 5.32 Å². The normalized spacial score (nSPS) is 15.4. The molecule has 2 aromatic carbocycles. The van der Waals surface area contributed by atoms with E-state index in [-0.39, 0.29) is 11.3 Å². The van der Waals surface area contributed by atoms with Gasteiger partial charge in [0.15, 0.2) is 0 Å². The molecule has 0 spiro atoms. The summed E-state index contributed by atoms with van der Waals surface area (Å²) in [5.74, 6) is 0. The van der Waals surface area contributed by atoms with E-state index in [0.717, 1.165) is 5.56 Å².